The number of hydrogen-bond donors (Lipinski definition) is 2. The normalized spacial score (nSPS) is 12.5. The zero-order chi connectivity index (χ0) is 14.2. The molecule has 2 N–H and O–H groups in total. The second-order valence-corrected chi connectivity index (χ2v) is 4.98. The van der Waals surface area contributed by atoms with Crippen molar-refractivity contribution in [1.82, 2.24) is 15.1 Å². The van der Waals surface area contributed by atoms with Crippen molar-refractivity contribution < 1.29 is 5.11 Å². The molecule has 20 heavy (non-hydrogen) atoms. The molecule has 0 saturated heterocycles. The van der Waals surface area contributed by atoms with Gasteiger partial charge in [0.2, 0.25) is 0 Å². The van der Waals surface area contributed by atoms with Crippen molar-refractivity contribution >= 4 is 0 Å². The van der Waals surface area contributed by atoms with Gasteiger partial charge in [0.05, 0.1) is 12.7 Å². The Morgan fingerprint density at radius 3 is 2.75 bits per heavy atom. The minimum Gasteiger partial charge on any atom is -0.396 e. The van der Waals surface area contributed by atoms with E-state index in [1.807, 2.05) is 29.1 Å². The monoisotopic (exact) mass is 273 g/mol. The van der Waals surface area contributed by atoms with Gasteiger partial charge >= 0.3 is 0 Å². The van der Waals surface area contributed by atoms with Crippen LogP contribution in [0.4, 0.5) is 0 Å². The fraction of sp³-hybridized carbons (Fsp3) is 0.438. The first-order valence-electron chi connectivity index (χ1n) is 7.25. The largest absolute Gasteiger partial charge is 0.396 e. The van der Waals surface area contributed by atoms with Crippen molar-refractivity contribution in [2.75, 3.05) is 13.2 Å². The number of nitrogens with zero attached hydrogens (tertiary/aromatic N) is 2. The molecular formula is C16H23N3O. The van der Waals surface area contributed by atoms with Crippen LogP contribution in [0.1, 0.15) is 19.8 Å². The lowest BCUT2D eigenvalue weighted by Crippen LogP contribution is -2.34. The molecule has 0 saturated carbocycles. The van der Waals surface area contributed by atoms with E-state index in [-0.39, 0.29) is 12.6 Å². The molecule has 0 radical (unpaired) electrons. The van der Waals surface area contributed by atoms with Gasteiger partial charge in [-0.2, -0.15) is 5.10 Å². The summed E-state index contributed by atoms with van der Waals surface area (Å²) in [5.41, 5.74) is 2.31. The summed E-state index contributed by atoms with van der Waals surface area (Å²) in [6.45, 7) is 4.10. The highest BCUT2D eigenvalue weighted by Gasteiger charge is 2.09. The molecule has 108 valence electrons. The third-order valence-electron chi connectivity index (χ3n) is 3.31. The van der Waals surface area contributed by atoms with E-state index in [0.29, 0.717) is 0 Å². The minimum atomic E-state index is 0.203. The Bertz CT molecular complexity index is 495. The fourth-order valence-electron chi connectivity index (χ4n) is 2.23. The molecule has 4 heteroatoms. The topological polar surface area (TPSA) is 50.1 Å². The molecule has 2 aromatic rings. The van der Waals surface area contributed by atoms with Gasteiger partial charge in [0.15, 0.2) is 0 Å². The Kier molecular flexibility index (Phi) is 5.77. The number of aliphatic hydroxyl groups excluding tert-OH is 1. The third kappa shape index (κ3) is 4.18. The van der Waals surface area contributed by atoms with Crippen molar-refractivity contribution in [3.63, 3.8) is 0 Å². The average molecular weight is 273 g/mol. The Morgan fingerprint density at radius 1 is 1.25 bits per heavy atom. The molecule has 4 nitrogen and oxygen atoms in total. The summed E-state index contributed by atoms with van der Waals surface area (Å²) in [5.74, 6) is 0. The van der Waals surface area contributed by atoms with Crippen LogP contribution >= 0.6 is 0 Å². The summed E-state index contributed by atoms with van der Waals surface area (Å²) in [5, 5.41) is 17.0. The lowest BCUT2D eigenvalue weighted by Gasteiger charge is -2.17. The average Bonchev–Trinajstić information content (AvgIpc) is 2.94. The molecule has 2 rings (SSSR count). The molecule has 1 atom stereocenters. The highest BCUT2D eigenvalue weighted by Crippen LogP contribution is 2.17. The second-order valence-electron chi connectivity index (χ2n) is 4.98. The van der Waals surface area contributed by atoms with Crippen molar-refractivity contribution in [2.45, 2.75) is 32.4 Å². The summed E-state index contributed by atoms with van der Waals surface area (Å²) in [6.07, 6.45) is 5.80. The lowest BCUT2D eigenvalue weighted by atomic mass is 10.1. The maximum Gasteiger partial charge on any atom is 0.0568 e. The van der Waals surface area contributed by atoms with Crippen LogP contribution < -0.4 is 5.32 Å². The Hall–Kier alpha value is -1.65. The van der Waals surface area contributed by atoms with E-state index in [1.165, 1.54) is 5.56 Å². The number of aliphatic hydroxyl groups is 1. The molecule has 0 aliphatic heterocycles. The van der Waals surface area contributed by atoms with Gasteiger partial charge in [-0.1, -0.05) is 37.3 Å². The van der Waals surface area contributed by atoms with Gasteiger partial charge in [0.1, 0.15) is 0 Å². The molecule has 1 aromatic carbocycles. The van der Waals surface area contributed by atoms with Crippen LogP contribution in [0.25, 0.3) is 11.1 Å². The molecule has 1 aromatic heterocycles. The summed E-state index contributed by atoms with van der Waals surface area (Å²) >= 11 is 0. The Labute approximate surface area is 120 Å². The van der Waals surface area contributed by atoms with Gasteiger partial charge in [-0.3, -0.25) is 4.68 Å². The summed E-state index contributed by atoms with van der Waals surface area (Å²) in [6, 6.07) is 10.5. The first-order chi connectivity index (χ1) is 9.83. The summed E-state index contributed by atoms with van der Waals surface area (Å²) in [4.78, 5) is 0. The number of benzene rings is 1. The highest BCUT2D eigenvalue weighted by atomic mass is 16.3. The van der Waals surface area contributed by atoms with Gasteiger partial charge in [0.25, 0.3) is 0 Å². The molecule has 0 aliphatic rings. The predicted octanol–water partition coefficient (Wildman–Crippen LogP) is 2.30. The number of aromatic nitrogens is 2. The number of nitrogens with one attached hydrogen (secondary N) is 1. The molecule has 0 fully saturated rings. The molecule has 1 unspecified atom stereocenters. The quantitative estimate of drug-likeness (QED) is 0.776. The van der Waals surface area contributed by atoms with Crippen LogP contribution in [0.5, 0.6) is 0 Å². The smallest absolute Gasteiger partial charge is 0.0568 e. The highest BCUT2D eigenvalue weighted by molar-refractivity contribution is 5.61. The first-order valence-corrected chi connectivity index (χ1v) is 7.25. The van der Waals surface area contributed by atoms with E-state index in [9.17, 15) is 0 Å². The van der Waals surface area contributed by atoms with Crippen molar-refractivity contribution in [3.8, 4) is 11.1 Å². The Balaban J connectivity index is 2.00. The maximum atomic E-state index is 9.13. The van der Waals surface area contributed by atoms with E-state index in [4.69, 9.17) is 5.11 Å². The maximum absolute atomic E-state index is 9.13. The van der Waals surface area contributed by atoms with Crippen molar-refractivity contribution in [1.29, 1.82) is 0 Å². The van der Waals surface area contributed by atoms with Crippen LogP contribution in [-0.2, 0) is 6.54 Å². The fourth-order valence-corrected chi connectivity index (χ4v) is 2.23. The number of hydrogen-bond acceptors (Lipinski definition) is 3. The zero-order valence-electron chi connectivity index (χ0n) is 12.0. The van der Waals surface area contributed by atoms with Crippen molar-refractivity contribution in [2.24, 2.45) is 0 Å². The molecular weight excluding hydrogens is 250 g/mol. The zero-order valence-corrected chi connectivity index (χ0v) is 12.0. The standard InChI is InChI=1S/C16H23N3O/c1-2-9-17-16(8-10-20)13-19-12-15(11-18-19)14-6-4-3-5-7-14/h3-7,11-12,16-17,20H,2,8-10,13H2,1H3. The first kappa shape index (κ1) is 14.8. The second kappa shape index (κ2) is 7.82. The Morgan fingerprint density at radius 2 is 2.05 bits per heavy atom. The van der Waals surface area contributed by atoms with Gasteiger partial charge < -0.3 is 10.4 Å². The van der Waals surface area contributed by atoms with Crippen LogP contribution in [0.3, 0.4) is 0 Å². The van der Waals surface area contributed by atoms with E-state index in [0.717, 1.165) is 31.5 Å². The van der Waals surface area contributed by atoms with E-state index >= 15 is 0 Å². The van der Waals surface area contributed by atoms with E-state index in [1.54, 1.807) is 0 Å². The van der Waals surface area contributed by atoms with Gasteiger partial charge in [0, 0.05) is 24.4 Å². The third-order valence-corrected chi connectivity index (χ3v) is 3.31. The summed E-state index contributed by atoms with van der Waals surface area (Å²) in [7, 11) is 0. The van der Waals surface area contributed by atoms with Crippen molar-refractivity contribution in [3.05, 3.63) is 42.7 Å². The van der Waals surface area contributed by atoms with Gasteiger partial charge in [-0.25, -0.2) is 0 Å². The van der Waals surface area contributed by atoms with E-state index in [2.05, 4.69) is 35.7 Å². The molecule has 0 spiro atoms. The van der Waals surface area contributed by atoms with Crippen LogP contribution in [0.15, 0.2) is 42.7 Å². The van der Waals surface area contributed by atoms with Crippen LogP contribution in [-0.4, -0.2) is 34.1 Å². The van der Waals surface area contributed by atoms with Gasteiger partial charge in [-0.15, -0.1) is 0 Å². The predicted molar refractivity (Wildman–Crippen MR) is 81.4 cm³/mol. The molecule has 0 amide bonds. The lowest BCUT2D eigenvalue weighted by molar-refractivity contribution is 0.254. The van der Waals surface area contributed by atoms with Crippen LogP contribution in [0, 0.1) is 0 Å². The molecule has 1 heterocycles. The number of rotatable bonds is 8. The summed E-state index contributed by atoms with van der Waals surface area (Å²) < 4.78 is 1.95. The van der Waals surface area contributed by atoms with Crippen LogP contribution in [0.2, 0.25) is 0 Å². The minimum absolute atomic E-state index is 0.203. The molecule has 0 bridgehead atoms. The molecule has 0 aliphatic carbocycles. The van der Waals surface area contributed by atoms with Gasteiger partial charge in [-0.05, 0) is 24.9 Å². The SMILES string of the molecule is CCCNC(CCO)Cn1cc(-c2ccccc2)cn1. The van der Waals surface area contributed by atoms with E-state index < -0.39 is 0 Å².